The molecular formula is C40H30N4O. The first-order valence-electron chi connectivity index (χ1n) is 15.0. The molecule has 5 nitrogen and oxygen atoms in total. The van der Waals surface area contributed by atoms with Crippen LogP contribution in [-0.4, -0.2) is 19.1 Å². The summed E-state index contributed by atoms with van der Waals surface area (Å²) in [5, 5.41) is 0. The zero-order valence-corrected chi connectivity index (χ0v) is 25.1. The average molecular weight is 583 g/mol. The van der Waals surface area contributed by atoms with E-state index in [1.165, 1.54) is 22.3 Å². The van der Waals surface area contributed by atoms with Gasteiger partial charge in [-0.25, -0.2) is 9.97 Å². The van der Waals surface area contributed by atoms with E-state index in [4.69, 9.17) is 14.7 Å². The molecule has 2 heterocycles. The van der Waals surface area contributed by atoms with Gasteiger partial charge in [0.25, 0.3) is 0 Å². The molecule has 0 aliphatic rings. The summed E-state index contributed by atoms with van der Waals surface area (Å²) >= 11 is 0. The molecule has 0 spiro atoms. The molecule has 0 bridgehead atoms. The number of ether oxygens (including phenoxy) is 1. The number of hydrogen-bond acceptors (Lipinski definition) is 3. The normalized spacial score (nSPS) is 11.3. The number of hydrogen-bond donors (Lipinski definition) is 0. The van der Waals surface area contributed by atoms with Gasteiger partial charge in [-0.2, -0.15) is 0 Å². The van der Waals surface area contributed by atoms with E-state index in [2.05, 4.69) is 120 Å². The molecule has 5 heteroatoms. The van der Waals surface area contributed by atoms with Gasteiger partial charge in [0.1, 0.15) is 23.1 Å². The van der Waals surface area contributed by atoms with Gasteiger partial charge >= 0.3 is 0 Å². The molecule has 216 valence electrons. The van der Waals surface area contributed by atoms with Gasteiger partial charge in [0.2, 0.25) is 0 Å². The molecule has 0 unspecified atom stereocenters. The highest BCUT2D eigenvalue weighted by Gasteiger charge is 2.14. The van der Waals surface area contributed by atoms with E-state index in [0.29, 0.717) is 0 Å². The SMILES string of the molecule is Cn1c(-c2cccc(Oc3cccc(-c4nc5ccc(-c6ccccc6)cc5n4C)c3)c2)nc2ccc(-c3ccccc3)cc21. The maximum absolute atomic E-state index is 6.41. The van der Waals surface area contributed by atoms with Crippen LogP contribution < -0.4 is 4.74 Å². The van der Waals surface area contributed by atoms with E-state index in [1.54, 1.807) is 0 Å². The van der Waals surface area contributed by atoms with Crippen molar-refractivity contribution in [2.24, 2.45) is 14.1 Å². The monoisotopic (exact) mass is 582 g/mol. The van der Waals surface area contributed by atoms with Crippen LogP contribution in [0, 0.1) is 0 Å². The van der Waals surface area contributed by atoms with Crippen LogP contribution in [0.1, 0.15) is 0 Å². The second-order valence-corrected chi connectivity index (χ2v) is 11.3. The molecular weight excluding hydrogens is 552 g/mol. The van der Waals surface area contributed by atoms with Crippen molar-refractivity contribution in [1.29, 1.82) is 0 Å². The van der Waals surface area contributed by atoms with E-state index < -0.39 is 0 Å². The second kappa shape index (κ2) is 11.0. The molecule has 8 rings (SSSR count). The molecule has 6 aromatic carbocycles. The topological polar surface area (TPSA) is 44.9 Å². The average Bonchev–Trinajstić information content (AvgIpc) is 3.61. The Bertz CT molecular complexity index is 2150. The third-order valence-corrected chi connectivity index (χ3v) is 8.40. The molecule has 0 atom stereocenters. The third kappa shape index (κ3) is 4.94. The second-order valence-electron chi connectivity index (χ2n) is 11.3. The van der Waals surface area contributed by atoms with Crippen molar-refractivity contribution >= 4 is 22.1 Å². The lowest BCUT2D eigenvalue weighted by Gasteiger charge is -2.10. The molecule has 2 aromatic heterocycles. The third-order valence-electron chi connectivity index (χ3n) is 8.40. The summed E-state index contributed by atoms with van der Waals surface area (Å²) < 4.78 is 10.7. The fourth-order valence-corrected chi connectivity index (χ4v) is 6.05. The van der Waals surface area contributed by atoms with Crippen molar-refractivity contribution in [2.45, 2.75) is 0 Å². The Hall–Kier alpha value is -5.94. The van der Waals surface area contributed by atoms with Gasteiger partial charge in [-0.3, -0.25) is 0 Å². The van der Waals surface area contributed by atoms with E-state index in [0.717, 1.165) is 56.3 Å². The maximum atomic E-state index is 6.41. The van der Waals surface area contributed by atoms with Crippen molar-refractivity contribution in [3.8, 4) is 56.5 Å². The first kappa shape index (κ1) is 26.7. The van der Waals surface area contributed by atoms with Crippen LogP contribution in [0.3, 0.4) is 0 Å². The summed E-state index contributed by atoms with van der Waals surface area (Å²) in [5.74, 6) is 3.28. The van der Waals surface area contributed by atoms with Gasteiger partial charge in [0.15, 0.2) is 0 Å². The highest BCUT2D eigenvalue weighted by atomic mass is 16.5. The van der Waals surface area contributed by atoms with Gasteiger partial charge in [-0.05, 0) is 70.8 Å². The van der Waals surface area contributed by atoms with E-state index in [-0.39, 0.29) is 0 Å². The number of imidazole rings is 2. The van der Waals surface area contributed by atoms with Crippen LogP contribution in [-0.2, 0) is 14.1 Å². The Kier molecular flexibility index (Phi) is 6.50. The standard InChI is InChI=1S/C40H30N4O/c1-43-37-25-29(27-11-5-3-6-12-27)19-21-35(37)41-39(43)31-15-9-17-33(23-31)45-34-18-10-16-32(24-34)40-42-36-22-20-30(26-38(36)44(40)2)28-13-7-4-8-14-28/h3-26H,1-2H3. The first-order chi connectivity index (χ1) is 22.1. The van der Waals surface area contributed by atoms with E-state index in [1.807, 2.05) is 48.5 Å². The number of rotatable bonds is 6. The summed E-state index contributed by atoms with van der Waals surface area (Å²) in [4.78, 5) is 9.94. The van der Waals surface area contributed by atoms with Crippen LogP contribution in [0.2, 0.25) is 0 Å². The highest BCUT2D eigenvalue weighted by Crippen LogP contribution is 2.33. The molecule has 0 aliphatic carbocycles. The Balaban J connectivity index is 1.09. The molecule has 45 heavy (non-hydrogen) atoms. The fraction of sp³-hybridized carbons (Fsp3) is 0.0500. The van der Waals surface area contributed by atoms with Crippen molar-refractivity contribution in [3.63, 3.8) is 0 Å². The summed E-state index contributed by atoms with van der Waals surface area (Å²) in [6, 6.07) is 50.0. The van der Waals surface area contributed by atoms with Crippen LogP contribution in [0.25, 0.3) is 67.1 Å². The first-order valence-corrected chi connectivity index (χ1v) is 15.0. The van der Waals surface area contributed by atoms with Gasteiger partial charge < -0.3 is 13.9 Å². The van der Waals surface area contributed by atoms with Crippen LogP contribution in [0.4, 0.5) is 0 Å². The largest absolute Gasteiger partial charge is 0.457 e. The van der Waals surface area contributed by atoms with Gasteiger partial charge in [0.05, 0.1) is 22.1 Å². The van der Waals surface area contributed by atoms with Crippen LogP contribution in [0.15, 0.2) is 146 Å². The quantitative estimate of drug-likeness (QED) is 0.196. The molecule has 0 saturated heterocycles. The van der Waals surface area contributed by atoms with E-state index >= 15 is 0 Å². The predicted octanol–water partition coefficient (Wildman–Crippen LogP) is 9.92. The zero-order valence-electron chi connectivity index (χ0n) is 25.1. The molecule has 0 aliphatic heterocycles. The van der Waals surface area contributed by atoms with Gasteiger partial charge in [-0.15, -0.1) is 0 Å². The zero-order chi connectivity index (χ0) is 30.3. The Morgan fingerprint density at radius 2 is 0.822 bits per heavy atom. The van der Waals surface area contributed by atoms with Crippen molar-refractivity contribution in [3.05, 3.63) is 146 Å². The van der Waals surface area contributed by atoms with Gasteiger partial charge in [0, 0.05) is 25.2 Å². The lowest BCUT2D eigenvalue weighted by atomic mass is 10.1. The Labute approximate surface area is 261 Å². The van der Waals surface area contributed by atoms with Crippen molar-refractivity contribution in [2.75, 3.05) is 0 Å². The minimum absolute atomic E-state index is 0.749. The Morgan fingerprint density at radius 1 is 0.400 bits per heavy atom. The molecule has 0 N–H and O–H groups in total. The number of aromatic nitrogens is 4. The number of benzene rings is 6. The van der Waals surface area contributed by atoms with Gasteiger partial charge in [-0.1, -0.05) is 97.1 Å². The number of fused-ring (bicyclic) bond motifs is 2. The van der Waals surface area contributed by atoms with E-state index in [9.17, 15) is 0 Å². The summed E-state index contributed by atoms with van der Waals surface area (Å²) in [7, 11) is 4.13. The summed E-state index contributed by atoms with van der Waals surface area (Å²) in [5.41, 5.74) is 10.8. The van der Waals surface area contributed by atoms with Crippen LogP contribution in [0.5, 0.6) is 11.5 Å². The summed E-state index contributed by atoms with van der Waals surface area (Å²) in [6.45, 7) is 0. The number of nitrogens with zero attached hydrogens (tertiary/aromatic N) is 4. The fourth-order valence-electron chi connectivity index (χ4n) is 6.05. The summed E-state index contributed by atoms with van der Waals surface area (Å²) in [6.07, 6.45) is 0. The van der Waals surface area contributed by atoms with Crippen LogP contribution >= 0.6 is 0 Å². The van der Waals surface area contributed by atoms with Crippen molar-refractivity contribution < 1.29 is 4.74 Å². The molecule has 0 saturated carbocycles. The molecule has 0 fully saturated rings. The maximum Gasteiger partial charge on any atom is 0.140 e. The molecule has 0 amide bonds. The highest BCUT2D eigenvalue weighted by molar-refractivity contribution is 5.87. The minimum atomic E-state index is 0.749. The Morgan fingerprint density at radius 3 is 1.27 bits per heavy atom. The minimum Gasteiger partial charge on any atom is -0.457 e. The molecule has 0 radical (unpaired) electrons. The number of aryl methyl sites for hydroxylation is 2. The molecule has 8 aromatic rings. The predicted molar refractivity (Wildman–Crippen MR) is 183 cm³/mol. The lowest BCUT2D eigenvalue weighted by Crippen LogP contribution is -1.94. The van der Waals surface area contributed by atoms with Crippen molar-refractivity contribution in [1.82, 2.24) is 19.1 Å². The lowest BCUT2D eigenvalue weighted by molar-refractivity contribution is 0.483. The smallest absolute Gasteiger partial charge is 0.140 e.